The number of hydrogen-bond acceptors (Lipinski definition) is 13. The van der Waals surface area contributed by atoms with Crippen LogP contribution in [0.3, 0.4) is 0 Å². The summed E-state index contributed by atoms with van der Waals surface area (Å²) in [5.41, 5.74) is 5.14. The zero-order valence-electron chi connectivity index (χ0n) is 36.8. The van der Waals surface area contributed by atoms with Crippen LogP contribution >= 0.6 is 0 Å². The Morgan fingerprint density at radius 2 is 1.75 bits per heavy atom. The Hall–Kier alpha value is -6.29. The van der Waals surface area contributed by atoms with Gasteiger partial charge in [0.25, 0.3) is 11.6 Å². The van der Waals surface area contributed by atoms with E-state index >= 15 is 0 Å². The molecule has 2 aliphatic heterocycles. The molecule has 3 heterocycles. The Balaban J connectivity index is 1.27. The number of amides is 1. The summed E-state index contributed by atoms with van der Waals surface area (Å²) in [5.74, 6) is -0.274. The van der Waals surface area contributed by atoms with Gasteiger partial charge < -0.3 is 43.6 Å². The number of fused-ring (bicyclic) bond motifs is 3. The molecule has 0 spiro atoms. The predicted molar refractivity (Wildman–Crippen MR) is 241 cm³/mol. The van der Waals surface area contributed by atoms with Crippen molar-refractivity contribution in [1.29, 1.82) is 0 Å². The van der Waals surface area contributed by atoms with Crippen LogP contribution in [0.5, 0.6) is 23.0 Å². The van der Waals surface area contributed by atoms with Gasteiger partial charge in [-0.3, -0.25) is 19.9 Å². The number of nitrogens with zero attached hydrogens (tertiary/aromatic N) is 4. The first kappa shape index (κ1) is 45.3. The monoisotopic (exact) mass is 888 g/mol. The highest BCUT2D eigenvalue weighted by Crippen LogP contribution is 2.62. The van der Waals surface area contributed by atoms with Crippen molar-refractivity contribution in [2.24, 2.45) is 22.9 Å². The molecular formula is C50H56N4O11. The molecular weight excluding hydrogens is 833 g/mol. The van der Waals surface area contributed by atoms with Crippen LogP contribution in [0.2, 0.25) is 0 Å². The number of nitro benzene ring substituents is 1. The molecule has 4 aliphatic rings. The maximum absolute atomic E-state index is 14.8. The van der Waals surface area contributed by atoms with Crippen molar-refractivity contribution < 1.29 is 48.5 Å². The SMILES string of the molecule is C=CCO[C@@]12Oc3ccc(OCc4cccc(C)n4)cc3[C@H]3[C@H](CCCCO)[C@@H](CCCCO)C=C(C(=NOCc4ccc([N+](=O)[O-])cc4)C[C@@H]1N(C)C(=O)c1ccc4c(c1)OCO4)[C@H]32. The molecule has 15 heteroatoms. The van der Waals surface area contributed by atoms with Crippen LogP contribution < -0.4 is 18.9 Å². The van der Waals surface area contributed by atoms with Gasteiger partial charge in [0.2, 0.25) is 12.6 Å². The summed E-state index contributed by atoms with van der Waals surface area (Å²) < 4.78 is 32.0. The molecule has 2 N–H and O–H groups in total. The molecule has 1 aromatic heterocycles. The maximum atomic E-state index is 14.8. The lowest BCUT2D eigenvalue weighted by molar-refractivity contribution is -0.384. The van der Waals surface area contributed by atoms with Gasteiger partial charge in [-0.25, -0.2) is 0 Å². The number of aliphatic hydroxyl groups is 2. The Morgan fingerprint density at radius 3 is 2.51 bits per heavy atom. The van der Waals surface area contributed by atoms with E-state index in [1.54, 1.807) is 48.4 Å². The maximum Gasteiger partial charge on any atom is 0.269 e. The minimum Gasteiger partial charge on any atom is -0.487 e. The fraction of sp³-hybridized carbons (Fsp3) is 0.420. The first-order valence-electron chi connectivity index (χ1n) is 22.3. The normalized spacial score (nSPS) is 23.1. The fourth-order valence-corrected chi connectivity index (χ4v) is 9.93. The molecule has 8 rings (SSSR count). The van der Waals surface area contributed by atoms with Gasteiger partial charge in [0.05, 0.1) is 28.9 Å². The van der Waals surface area contributed by atoms with Gasteiger partial charge in [-0.15, -0.1) is 6.58 Å². The number of nitro groups is 1. The molecule has 1 saturated carbocycles. The van der Waals surface area contributed by atoms with Gasteiger partial charge >= 0.3 is 0 Å². The number of aliphatic hydroxyl groups excluding tert-OH is 2. The van der Waals surface area contributed by atoms with Crippen molar-refractivity contribution in [3.05, 3.63) is 141 Å². The zero-order chi connectivity index (χ0) is 45.5. The highest BCUT2D eigenvalue weighted by molar-refractivity contribution is 6.03. The summed E-state index contributed by atoms with van der Waals surface area (Å²) in [4.78, 5) is 38.2. The van der Waals surface area contributed by atoms with Crippen molar-refractivity contribution in [3.8, 4) is 23.0 Å². The van der Waals surface area contributed by atoms with E-state index in [9.17, 15) is 25.1 Å². The summed E-state index contributed by atoms with van der Waals surface area (Å²) in [6.07, 6.45) is 8.49. The smallest absolute Gasteiger partial charge is 0.269 e. The van der Waals surface area contributed by atoms with Crippen molar-refractivity contribution >= 4 is 17.3 Å². The standard InChI is InChI=1S/C50H56N4O11/c1-4-24-63-50-46(53(3)49(57)35-16-20-44-45(26-35)62-31-61-44)28-42(52-64-29-33-14-17-37(18-15-33)54(58)59)40-25-34(11-5-7-22-55)39(13-6-8-23-56)47(48(40)50)41-27-38(19-21-43(41)65-50)60-30-36-12-9-10-32(2)51-36/h4,9-10,12,14-21,25-27,34,39,46-48,55-56H,1,5-8,11,13,22-24,28-31H2,2-3H3/t34-,39+,46-,47+,48+,50+/m0/s1. The lowest BCUT2D eigenvalue weighted by Gasteiger charge is -2.59. The molecule has 1 fully saturated rings. The van der Waals surface area contributed by atoms with Crippen molar-refractivity contribution in [2.45, 2.75) is 82.8 Å². The lowest BCUT2D eigenvalue weighted by atomic mass is 9.55. The molecule has 0 bridgehead atoms. The van der Waals surface area contributed by atoms with Crippen molar-refractivity contribution in [1.82, 2.24) is 9.88 Å². The molecule has 15 nitrogen and oxygen atoms in total. The molecule has 342 valence electrons. The Morgan fingerprint density at radius 1 is 0.985 bits per heavy atom. The predicted octanol–water partition coefficient (Wildman–Crippen LogP) is 8.21. The number of benzene rings is 3. The highest BCUT2D eigenvalue weighted by Gasteiger charge is 2.65. The number of pyridine rings is 1. The Bertz CT molecular complexity index is 2420. The number of ether oxygens (including phenoxy) is 5. The number of aryl methyl sites for hydroxylation is 1. The molecule has 6 atom stereocenters. The molecule has 0 saturated heterocycles. The topological polar surface area (TPSA) is 185 Å². The fourth-order valence-electron chi connectivity index (χ4n) is 9.93. The number of likely N-dealkylation sites (N-methyl/N-ethyl adjacent to an activating group) is 1. The molecule has 65 heavy (non-hydrogen) atoms. The van der Waals surface area contributed by atoms with Gasteiger partial charge in [0.1, 0.15) is 30.8 Å². The first-order valence-corrected chi connectivity index (χ1v) is 22.3. The van der Waals surface area contributed by atoms with Crippen molar-refractivity contribution in [3.63, 3.8) is 0 Å². The van der Waals surface area contributed by atoms with Crippen LogP contribution in [-0.4, -0.2) is 82.1 Å². The Labute approximate surface area is 378 Å². The van der Waals surface area contributed by atoms with Crippen LogP contribution in [0.15, 0.2) is 108 Å². The minimum absolute atomic E-state index is 0.00735. The van der Waals surface area contributed by atoms with E-state index in [0.29, 0.717) is 52.7 Å². The summed E-state index contributed by atoms with van der Waals surface area (Å²) in [7, 11) is 1.74. The van der Waals surface area contributed by atoms with Crippen LogP contribution in [0, 0.1) is 34.8 Å². The number of hydrogen-bond donors (Lipinski definition) is 2. The van der Waals surface area contributed by atoms with E-state index in [0.717, 1.165) is 48.2 Å². The van der Waals surface area contributed by atoms with Gasteiger partial charge in [0, 0.05) is 61.6 Å². The molecule has 1 amide bonds. The van der Waals surface area contributed by atoms with E-state index in [1.165, 1.54) is 12.1 Å². The van der Waals surface area contributed by atoms with Crippen LogP contribution in [0.1, 0.15) is 83.7 Å². The van der Waals surface area contributed by atoms with E-state index < -0.39 is 22.7 Å². The van der Waals surface area contributed by atoms with E-state index in [1.807, 2.05) is 43.3 Å². The minimum atomic E-state index is -1.46. The number of carbonyl (C=O) groups is 1. The van der Waals surface area contributed by atoms with E-state index in [4.69, 9.17) is 33.7 Å². The number of oxime groups is 1. The van der Waals surface area contributed by atoms with Gasteiger partial charge in [0.15, 0.2) is 11.5 Å². The molecule has 4 aromatic rings. The Kier molecular flexibility index (Phi) is 14.1. The van der Waals surface area contributed by atoms with E-state index in [2.05, 4.69) is 17.6 Å². The van der Waals surface area contributed by atoms with Crippen LogP contribution in [0.25, 0.3) is 0 Å². The quantitative estimate of drug-likeness (QED) is 0.0376. The lowest BCUT2D eigenvalue weighted by Crippen LogP contribution is -2.69. The number of allylic oxidation sites excluding steroid dienone is 1. The summed E-state index contributed by atoms with van der Waals surface area (Å²) in [6, 6.07) is 22.2. The number of rotatable bonds is 20. The largest absolute Gasteiger partial charge is 0.487 e. The first-order chi connectivity index (χ1) is 31.6. The number of unbranched alkanes of at least 4 members (excludes halogenated alkanes) is 2. The molecule has 0 radical (unpaired) electrons. The second-order valence-electron chi connectivity index (χ2n) is 17.0. The van der Waals surface area contributed by atoms with Gasteiger partial charge in [-0.1, -0.05) is 36.2 Å². The second kappa shape index (κ2) is 20.3. The molecule has 0 unspecified atom stereocenters. The van der Waals surface area contributed by atoms with Crippen LogP contribution in [-0.2, 0) is 22.8 Å². The van der Waals surface area contributed by atoms with E-state index in [-0.39, 0.29) is 75.6 Å². The average Bonchev–Trinajstić information content (AvgIpc) is 3.79. The van der Waals surface area contributed by atoms with Gasteiger partial charge in [-0.2, -0.15) is 0 Å². The summed E-state index contributed by atoms with van der Waals surface area (Å²) in [6.45, 7) is 6.56. The third kappa shape index (κ3) is 9.58. The molecule has 3 aromatic carbocycles. The highest BCUT2D eigenvalue weighted by atomic mass is 16.7. The van der Waals surface area contributed by atoms with Gasteiger partial charge in [-0.05, 0) is 116 Å². The number of carbonyl (C=O) groups excluding carboxylic acids is 1. The molecule has 2 aliphatic carbocycles. The summed E-state index contributed by atoms with van der Waals surface area (Å²) in [5, 5.41) is 36.1. The number of aromatic nitrogens is 1. The third-order valence-electron chi connectivity index (χ3n) is 12.9. The zero-order valence-corrected chi connectivity index (χ0v) is 36.8. The second-order valence-corrected chi connectivity index (χ2v) is 17.0. The average molecular weight is 889 g/mol. The van der Waals surface area contributed by atoms with Crippen LogP contribution in [0.4, 0.5) is 5.69 Å². The summed E-state index contributed by atoms with van der Waals surface area (Å²) >= 11 is 0. The third-order valence-corrected chi connectivity index (χ3v) is 12.9. The number of non-ortho nitro benzene ring substituents is 1. The van der Waals surface area contributed by atoms with Crippen molar-refractivity contribution in [2.75, 3.05) is 33.7 Å².